The topological polar surface area (TPSA) is 56.7 Å². The minimum absolute atomic E-state index is 0.345. The largest absolute Gasteiger partial charge is 0.445 e. The molecule has 3 aromatic rings. The van der Waals surface area contributed by atoms with Gasteiger partial charge >= 0.3 is 0 Å². The molecule has 0 fully saturated rings. The van der Waals surface area contributed by atoms with E-state index in [1.54, 1.807) is 23.0 Å². The summed E-state index contributed by atoms with van der Waals surface area (Å²) in [6.45, 7) is 0. The maximum atomic E-state index is 6.06. The SMILES string of the molecule is Cn1cc(-c2cc(Cl)nc(-c3cc(Br)c(Br)o3)n2)cn1. The van der Waals surface area contributed by atoms with Crippen LogP contribution in [0.1, 0.15) is 0 Å². The molecule has 0 aliphatic heterocycles. The molecule has 5 nitrogen and oxygen atoms in total. The van der Waals surface area contributed by atoms with Crippen LogP contribution in [0.2, 0.25) is 5.15 Å². The highest BCUT2D eigenvalue weighted by Gasteiger charge is 2.14. The van der Waals surface area contributed by atoms with E-state index < -0.39 is 0 Å². The molecule has 0 N–H and O–H groups in total. The van der Waals surface area contributed by atoms with Crippen molar-refractivity contribution in [2.75, 3.05) is 0 Å². The van der Waals surface area contributed by atoms with E-state index in [-0.39, 0.29) is 0 Å². The van der Waals surface area contributed by atoms with E-state index in [9.17, 15) is 0 Å². The van der Waals surface area contributed by atoms with Crippen molar-refractivity contribution in [3.63, 3.8) is 0 Å². The van der Waals surface area contributed by atoms with Crippen LogP contribution in [0.5, 0.6) is 0 Å². The first-order valence-electron chi connectivity index (χ1n) is 5.52. The van der Waals surface area contributed by atoms with Gasteiger partial charge in [0, 0.05) is 30.9 Å². The predicted octanol–water partition coefficient (Wildman–Crippen LogP) is 4.32. The third kappa shape index (κ3) is 2.65. The summed E-state index contributed by atoms with van der Waals surface area (Å²) in [7, 11) is 1.84. The molecule has 20 heavy (non-hydrogen) atoms. The number of furan rings is 1. The Morgan fingerprint density at radius 1 is 1.25 bits per heavy atom. The van der Waals surface area contributed by atoms with Crippen LogP contribution >= 0.6 is 43.5 Å². The highest BCUT2D eigenvalue weighted by molar-refractivity contribution is 9.13. The van der Waals surface area contributed by atoms with Crippen molar-refractivity contribution in [2.24, 2.45) is 7.05 Å². The summed E-state index contributed by atoms with van der Waals surface area (Å²) in [6, 6.07) is 3.47. The zero-order chi connectivity index (χ0) is 14.3. The number of hydrogen-bond donors (Lipinski definition) is 0. The Morgan fingerprint density at radius 2 is 2.05 bits per heavy atom. The monoisotopic (exact) mass is 416 g/mol. The van der Waals surface area contributed by atoms with Crippen LogP contribution in [0, 0.1) is 0 Å². The zero-order valence-electron chi connectivity index (χ0n) is 10.1. The predicted molar refractivity (Wildman–Crippen MR) is 82.3 cm³/mol. The van der Waals surface area contributed by atoms with Crippen LogP contribution in [0.4, 0.5) is 0 Å². The highest BCUT2D eigenvalue weighted by atomic mass is 79.9. The molecule has 102 valence electrons. The first-order chi connectivity index (χ1) is 9.52. The van der Waals surface area contributed by atoms with E-state index in [1.807, 2.05) is 13.2 Å². The first kappa shape index (κ1) is 13.8. The lowest BCUT2D eigenvalue weighted by molar-refractivity contribution is 0.549. The summed E-state index contributed by atoms with van der Waals surface area (Å²) in [5.74, 6) is 0.944. The fraction of sp³-hybridized carbons (Fsp3) is 0.0833. The summed E-state index contributed by atoms with van der Waals surface area (Å²) < 4.78 is 8.59. The number of rotatable bonds is 2. The quantitative estimate of drug-likeness (QED) is 0.582. The lowest BCUT2D eigenvalue weighted by Gasteiger charge is -2.01. The molecule has 8 heteroatoms. The van der Waals surface area contributed by atoms with Gasteiger partial charge in [-0.2, -0.15) is 5.10 Å². The zero-order valence-corrected chi connectivity index (χ0v) is 14.1. The molecule has 0 saturated carbocycles. The maximum absolute atomic E-state index is 6.06. The molecule has 0 radical (unpaired) electrons. The third-order valence-corrected chi connectivity index (χ3v) is 4.46. The van der Waals surface area contributed by atoms with Gasteiger partial charge in [0.2, 0.25) is 0 Å². The van der Waals surface area contributed by atoms with Crippen LogP contribution in [-0.2, 0) is 7.05 Å². The summed E-state index contributed by atoms with van der Waals surface area (Å²) in [4.78, 5) is 8.64. The fourth-order valence-electron chi connectivity index (χ4n) is 1.69. The molecule has 0 atom stereocenters. The third-order valence-electron chi connectivity index (χ3n) is 2.56. The molecule has 0 aliphatic rings. The Kier molecular flexibility index (Phi) is 3.66. The molecule has 0 amide bonds. The number of nitrogens with zero attached hydrogens (tertiary/aromatic N) is 4. The highest BCUT2D eigenvalue weighted by Crippen LogP contribution is 2.32. The molecule has 0 aliphatic carbocycles. The van der Waals surface area contributed by atoms with Gasteiger partial charge < -0.3 is 4.42 Å². The molecule has 0 spiro atoms. The number of hydrogen-bond acceptors (Lipinski definition) is 4. The molecule has 0 bridgehead atoms. The smallest absolute Gasteiger partial charge is 0.197 e. The van der Waals surface area contributed by atoms with Crippen molar-refractivity contribution < 1.29 is 4.42 Å². The summed E-state index contributed by atoms with van der Waals surface area (Å²) in [5, 5.41) is 4.46. The van der Waals surface area contributed by atoms with Crippen LogP contribution in [0.15, 0.2) is 38.1 Å². The normalized spacial score (nSPS) is 11.0. The van der Waals surface area contributed by atoms with Crippen LogP contribution in [0.25, 0.3) is 22.8 Å². The minimum Gasteiger partial charge on any atom is -0.445 e. The van der Waals surface area contributed by atoms with E-state index in [4.69, 9.17) is 16.0 Å². The fourth-order valence-corrected chi connectivity index (χ4v) is 2.45. The van der Waals surface area contributed by atoms with Gasteiger partial charge in [-0.15, -0.1) is 0 Å². The summed E-state index contributed by atoms with van der Waals surface area (Å²) in [5.41, 5.74) is 1.56. The molecule has 0 aromatic carbocycles. The van der Waals surface area contributed by atoms with Crippen molar-refractivity contribution in [1.82, 2.24) is 19.7 Å². The van der Waals surface area contributed by atoms with Crippen molar-refractivity contribution in [2.45, 2.75) is 0 Å². The van der Waals surface area contributed by atoms with Gasteiger partial charge in [-0.1, -0.05) is 11.6 Å². The second-order valence-electron chi connectivity index (χ2n) is 4.03. The van der Waals surface area contributed by atoms with Crippen LogP contribution < -0.4 is 0 Å². The van der Waals surface area contributed by atoms with Gasteiger partial charge in [0.15, 0.2) is 16.3 Å². The Hall–Kier alpha value is -1.18. The van der Waals surface area contributed by atoms with E-state index >= 15 is 0 Å². The maximum Gasteiger partial charge on any atom is 0.197 e. The second-order valence-corrected chi connectivity index (χ2v) is 6.00. The standard InChI is InChI=1S/C12H7Br2ClN4O/c1-19-5-6(4-16-19)8-3-10(15)18-12(17-8)9-2-7(13)11(14)20-9/h2-5H,1H3. The lowest BCUT2D eigenvalue weighted by Crippen LogP contribution is -1.91. The van der Waals surface area contributed by atoms with Crippen molar-refractivity contribution in [3.05, 3.63) is 38.8 Å². The van der Waals surface area contributed by atoms with Gasteiger partial charge in [-0.05, 0) is 31.9 Å². The van der Waals surface area contributed by atoms with Crippen molar-refractivity contribution in [3.8, 4) is 22.8 Å². The van der Waals surface area contributed by atoms with Gasteiger partial charge in [-0.25, -0.2) is 9.97 Å². The van der Waals surface area contributed by atoms with Crippen molar-refractivity contribution >= 4 is 43.5 Å². The average Bonchev–Trinajstić information content (AvgIpc) is 2.96. The molecule has 3 rings (SSSR count). The lowest BCUT2D eigenvalue weighted by atomic mass is 10.2. The Morgan fingerprint density at radius 3 is 2.65 bits per heavy atom. The number of aryl methyl sites for hydroxylation is 1. The van der Waals surface area contributed by atoms with E-state index in [1.165, 1.54) is 0 Å². The summed E-state index contributed by atoms with van der Waals surface area (Å²) >= 11 is 12.7. The first-order valence-corrected chi connectivity index (χ1v) is 7.48. The van der Waals surface area contributed by atoms with Crippen LogP contribution in [0.3, 0.4) is 0 Å². The van der Waals surface area contributed by atoms with Gasteiger partial charge in [0.05, 0.1) is 16.4 Å². The molecular weight excluding hydrogens is 411 g/mol. The Balaban J connectivity index is 2.11. The molecule has 0 unspecified atom stereocenters. The number of aromatic nitrogens is 4. The van der Waals surface area contributed by atoms with Gasteiger partial charge in [0.1, 0.15) is 5.15 Å². The van der Waals surface area contributed by atoms with E-state index in [0.717, 1.165) is 10.0 Å². The number of halogens is 3. The molecule has 3 aromatic heterocycles. The molecular formula is C12H7Br2ClN4O. The van der Waals surface area contributed by atoms with Gasteiger partial charge in [-0.3, -0.25) is 4.68 Å². The summed E-state index contributed by atoms with van der Waals surface area (Å²) in [6.07, 6.45) is 3.58. The van der Waals surface area contributed by atoms with Crippen LogP contribution in [-0.4, -0.2) is 19.7 Å². The second kappa shape index (κ2) is 5.31. The Bertz CT molecular complexity index is 764. The molecule has 0 saturated heterocycles. The van der Waals surface area contributed by atoms with Crippen molar-refractivity contribution in [1.29, 1.82) is 0 Å². The molecule has 3 heterocycles. The minimum atomic E-state index is 0.345. The van der Waals surface area contributed by atoms with E-state index in [2.05, 4.69) is 46.9 Å². The van der Waals surface area contributed by atoms with E-state index in [0.29, 0.717) is 27.1 Å². The van der Waals surface area contributed by atoms with Gasteiger partial charge in [0.25, 0.3) is 0 Å². The average molecular weight is 418 g/mol. The Labute approximate surface area is 136 Å².